The van der Waals surface area contributed by atoms with E-state index in [1.54, 1.807) is 24.5 Å². The Balaban J connectivity index is 0.000000195. The number of thiazole rings is 1. The number of amides is 1. The number of hydrogen-bond donors (Lipinski definition) is 2. The Kier molecular flexibility index (Phi) is 8.38. The Bertz CT molecular complexity index is 788. The van der Waals surface area contributed by atoms with E-state index < -0.39 is 0 Å². The Morgan fingerprint density at radius 3 is 2.69 bits per heavy atom. The highest BCUT2D eigenvalue weighted by atomic mass is 32.1. The van der Waals surface area contributed by atoms with Crippen molar-refractivity contribution in [2.75, 3.05) is 13.1 Å². The predicted octanol–water partition coefficient (Wildman–Crippen LogP) is 3.05. The quantitative estimate of drug-likeness (QED) is 0.492. The first-order valence-corrected chi connectivity index (χ1v) is 9.25. The molecule has 7 heteroatoms. The average molecular weight is 370 g/mol. The maximum absolute atomic E-state index is 11.5. The second kappa shape index (κ2) is 11.1. The summed E-state index contributed by atoms with van der Waals surface area (Å²) in [5.41, 5.74) is 6.88. The number of carbonyl (C=O) groups excluding carboxylic acids is 2. The molecule has 1 amide bonds. The van der Waals surface area contributed by atoms with E-state index in [2.05, 4.69) is 15.3 Å². The molecule has 2 heterocycles. The van der Waals surface area contributed by atoms with Gasteiger partial charge >= 0.3 is 0 Å². The second-order valence-corrected chi connectivity index (χ2v) is 6.55. The molecule has 26 heavy (non-hydrogen) atoms. The van der Waals surface area contributed by atoms with Gasteiger partial charge in [0.05, 0.1) is 15.8 Å². The summed E-state index contributed by atoms with van der Waals surface area (Å²) in [6.07, 6.45) is 7.05. The minimum atomic E-state index is -0.0594. The van der Waals surface area contributed by atoms with E-state index in [0.717, 1.165) is 42.3 Å². The fourth-order valence-electron chi connectivity index (χ4n) is 2.19. The van der Waals surface area contributed by atoms with Gasteiger partial charge in [-0.05, 0) is 43.7 Å². The smallest absolute Gasteiger partial charge is 0.252 e. The summed E-state index contributed by atoms with van der Waals surface area (Å²) in [7, 11) is 0. The zero-order valence-electron chi connectivity index (χ0n) is 14.4. The van der Waals surface area contributed by atoms with Gasteiger partial charge < -0.3 is 11.1 Å². The highest BCUT2D eigenvalue weighted by Crippen LogP contribution is 2.19. The molecule has 0 aliphatic rings. The summed E-state index contributed by atoms with van der Waals surface area (Å²) in [4.78, 5) is 29.8. The molecule has 3 N–H and O–H groups in total. The normalized spacial score (nSPS) is 10.0. The van der Waals surface area contributed by atoms with Crippen LogP contribution in [0, 0.1) is 0 Å². The number of para-hydroxylation sites is 1. The monoisotopic (exact) mass is 370 g/mol. The van der Waals surface area contributed by atoms with Crippen molar-refractivity contribution in [1.82, 2.24) is 15.3 Å². The standard InChI is InChI=1S/C11H17N3O.C8H5NOS/c12-6-2-1-3-8-14-11(15)10-5-4-7-13-9-10;10-5-8-9-6-3-1-2-4-7(6)11-8/h4-5,7,9H,1-3,6,8,12H2,(H,14,15);1-5H. The van der Waals surface area contributed by atoms with Crippen molar-refractivity contribution in [2.45, 2.75) is 19.3 Å². The van der Waals surface area contributed by atoms with Crippen molar-refractivity contribution in [3.8, 4) is 0 Å². The Labute approximate surface area is 156 Å². The molecule has 0 saturated carbocycles. The number of hydrogen-bond acceptors (Lipinski definition) is 6. The van der Waals surface area contributed by atoms with E-state index in [0.29, 0.717) is 17.1 Å². The molecular formula is C19H22N4O2S. The first kappa shape index (κ1) is 19.7. The van der Waals surface area contributed by atoms with E-state index in [1.165, 1.54) is 11.3 Å². The van der Waals surface area contributed by atoms with Crippen molar-refractivity contribution < 1.29 is 9.59 Å². The van der Waals surface area contributed by atoms with Gasteiger partial charge in [-0.15, -0.1) is 11.3 Å². The van der Waals surface area contributed by atoms with Crippen molar-refractivity contribution in [2.24, 2.45) is 5.73 Å². The number of carbonyl (C=O) groups is 2. The van der Waals surface area contributed by atoms with Crippen LogP contribution in [0.3, 0.4) is 0 Å². The van der Waals surface area contributed by atoms with Crippen LogP contribution in [-0.4, -0.2) is 35.3 Å². The Morgan fingerprint density at radius 1 is 1.15 bits per heavy atom. The molecule has 0 atom stereocenters. The Hall–Kier alpha value is -2.64. The van der Waals surface area contributed by atoms with Crippen LogP contribution in [0.25, 0.3) is 10.2 Å². The highest BCUT2D eigenvalue weighted by molar-refractivity contribution is 7.19. The lowest BCUT2D eigenvalue weighted by Gasteiger charge is -2.03. The van der Waals surface area contributed by atoms with Crippen LogP contribution in [0.2, 0.25) is 0 Å². The van der Waals surface area contributed by atoms with E-state index in [1.807, 2.05) is 24.3 Å². The number of fused-ring (bicyclic) bond motifs is 1. The van der Waals surface area contributed by atoms with Crippen molar-refractivity contribution in [3.05, 3.63) is 59.4 Å². The third-order valence-corrected chi connectivity index (χ3v) is 4.46. The number of benzene rings is 1. The van der Waals surface area contributed by atoms with E-state index in [9.17, 15) is 9.59 Å². The largest absolute Gasteiger partial charge is 0.352 e. The van der Waals surface area contributed by atoms with Crippen LogP contribution in [0.1, 0.15) is 39.4 Å². The molecule has 1 aromatic carbocycles. The van der Waals surface area contributed by atoms with Gasteiger partial charge in [-0.3, -0.25) is 14.6 Å². The molecule has 0 spiro atoms. The molecule has 6 nitrogen and oxygen atoms in total. The minimum Gasteiger partial charge on any atom is -0.352 e. The van der Waals surface area contributed by atoms with Crippen molar-refractivity contribution in [3.63, 3.8) is 0 Å². The molecule has 136 valence electrons. The summed E-state index contributed by atoms with van der Waals surface area (Å²) >= 11 is 1.42. The molecule has 3 rings (SSSR count). The molecule has 3 aromatic rings. The molecule has 0 aliphatic heterocycles. The van der Waals surface area contributed by atoms with Crippen LogP contribution >= 0.6 is 11.3 Å². The fraction of sp³-hybridized carbons (Fsp3) is 0.263. The summed E-state index contributed by atoms with van der Waals surface area (Å²) in [5.74, 6) is -0.0594. The van der Waals surface area contributed by atoms with Crippen LogP contribution < -0.4 is 11.1 Å². The molecular weight excluding hydrogens is 348 g/mol. The number of rotatable bonds is 7. The Morgan fingerprint density at radius 2 is 2.00 bits per heavy atom. The van der Waals surface area contributed by atoms with Gasteiger partial charge in [0.1, 0.15) is 0 Å². The van der Waals surface area contributed by atoms with Crippen LogP contribution in [0.4, 0.5) is 0 Å². The predicted molar refractivity (Wildman–Crippen MR) is 104 cm³/mol. The number of unbranched alkanes of at least 4 members (excludes halogenated alkanes) is 2. The van der Waals surface area contributed by atoms with Crippen LogP contribution in [0.15, 0.2) is 48.8 Å². The molecule has 0 bridgehead atoms. The van der Waals surface area contributed by atoms with Gasteiger partial charge in [-0.1, -0.05) is 18.6 Å². The van der Waals surface area contributed by atoms with E-state index in [-0.39, 0.29) is 5.91 Å². The molecule has 0 unspecified atom stereocenters. The van der Waals surface area contributed by atoms with Gasteiger partial charge in [-0.25, -0.2) is 4.98 Å². The van der Waals surface area contributed by atoms with Gasteiger partial charge in [-0.2, -0.15) is 0 Å². The number of nitrogens with zero attached hydrogens (tertiary/aromatic N) is 2. The third kappa shape index (κ3) is 6.34. The molecule has 0 aliphatic carbocycles. The minimum absolute atomic E-state index is 0.0594. The van der Waals surface area contributed by atoms with Gasteiger partial charge in [0.25, 0.3) is 5.91 Å². The van der Waals surface area contributed by atoms with Crippen LogP contribution in [0.5, 0.6) is 0 Å². The SMILES string of the molecule is NCCCCCNC(=O)c1cccnc1.O=Cc1nc2ccccc2s1. The number of aldehydes is 1. The lowest BCUT2D eigenvalue weighted by atomic mass is 10.2. The van der Waals surface area contributed by atoms with Crippen molar-refractivity contribution >= 4 is 33.7 Å². The molecule has 0 fully saturated rings. The van der Waals surface area contributed by atoms with Gasteiger partial charge in [0, 0.05) is 18.9 Å². The maximum Gasteiger partial charge on any atom is 0.252 e. The zero-order valence-corrected chi connectivity index (χ0v) is 15.2. The zero-order chi connectivity index (χ0) is 18.6. The summed E-state index contributed by atoms with van der Waals surface area (Å²) in [6.45, 7) is 1.42. The third-order valence-electron chi connectivity index (χ3n) is 3.50. The summed E-state index contributed by atoms with van der Waals surface area (Å²) in [5, 5.41) is 3.39. The van der Waals surface area contributed by atoms with Crippen molar-refractivity contribution in [1.29, 1.82) is 0 Å². The molecule has 0 radical (unpaired) electrons. The number of nitrogens with two attached hydrogens (primary N) is 1. The lowest BCUT2D eigenvalue weighted by molar-refractivity contribution is 0.0952. The first-order valence-electron chi connectivity index (χ1n) is 8.43. The summed E-state index contributed by atoms with van der Waals surface area (Å²) in [6, 6.07) is 11.2. The maximum atomic E-state index is 11.5. The van der Waals surface area contributed by atoms with E-state index >= 15 is 0 Å². The first-order chi connectivity index (χ1) is 12.7. The molecule has 2 aromatic heterocycles. The number of pyridine rings is 1. The second-order valence-electron chi connectivity index (χ2n) is 5.48. The number of nitrogens with one attached hydrogen (secondary N) is 1. The highest BCUT2D eigenvalue weighted by Gasteiger charge is 2.03. The summed E-state index contributed by atoms with van der Waals surface area (Å²) < 4.78 is 1.06. The van der Waals surface area contributed by atoms with Gasteiger partial charge in [0.15, 0.2) is 11.3 Å². The topological polar surface area (TPSA) is 98.0 Å². The molecule has 0 saturated heterocycles. The van der Waals surface area contributed by atoms with Crippen LogP contribution in [-0.2, 0) is 0 Å². The lowest BCUT2D eigenvalue weighted by Crippen LogP contribution is -2.24. The van der Waals surface area contributed by atoms with Gasteiger partial charge in [0.2, 0.25) is 0 Å². The average Bonchev–Trinajstić information content (AvgIpc) is 3.12. The fourth-order valence-corrected chi connectivity index (χ4v) is 2.97. The van der Waals surface area contributed by atoms with E-state index in [4.69, 9.17) is 5.73 Å². The number of aromatic nitrogens is 2.